The molecule has 0 unspecified atom stereocenters. The number of anilines is 1. The van der Waals surface area contributed by atoms with Gasteiger partial charge in [0, 0.05) is 5.56 Å². The van der Waals surface area contributed by atoms with Crippen molar-refractivity contribution < 1.29 is 13.0 Å². The van der Waals surface area contributed by atoms with Crippen molar-refractivity contribution in [2.24, 2.45) is 10.2 Å². The lowest BCUT2D eigenvalue weighted by atomic mass is 10.1. The van der Waals surface area contributed by atoms with E-state index in [-0.39, 0.29) is 4.90 Å². The number of nitrogen functional groups attached to an aromatic ring is 1. The Bertz CT molecular complexity index is 1300. The quantitative estimate of drug-likeness (QED) is 0.356. The molecular formula is C21H17N5O3S. The van der Waals surface area contributed by atoms with Gasteiger partial charge in [0.1, 0.15) is 5.69 Å². The van der Waals surface area contributed by atoms with Crippen LogP contribution in [-0.2, 0) is 10.1 Å². The maximum Gasteiger partial charge on any atom is 0.294 e. The summed E-state index contributed by atoms with van der Waals surface area (Å²) in [5.41, 5.74) is 9.32. The van der Waals surface area contributed by atoms with Gasteiger partial charge in [0.15, 0.2) is 11.5 Å². The van der Waals surface area contributed by atoms with Crippen LogP contribution in [-0.4, -0.2) is 22.8 Å². The average Bonchev–Trinajstić information content (AvgIpc) is 3.09. The summed E-state index contributed by atoms with van der Waals surface area (Å²) in [7, 11) is -4.27. The Morgan fingerprint density at radius 2 is 1.43 bits per heavy atom. The molecule has 4 aromatic rings. The highest BCUT2D eigenvalue weighted by molar-refractivity contribution is 7.85. The van der Waals surface area contributed by atoms with Crippen molar-refractivity contribution in [1.82, 2.24) is 9.78 Å². The van der Waals surface area contributed by atoms with E-state index < -0.39 is 10.1 Å². The van der Waals surface area contributed by atoms with E-state index in [1.165, 1.54) is 24.3 Å². The Hall–Kier alpha value is -3.82. The Balaban J connectivity index is 1.78. The number of azo groups is 1. The number of hydrogen-bond acceptors (Lipinski definition) is 6. The van der Waals surface area contributed by atoms with Crippen molar-refractivity contribution in [1.29, 1.82) is 0 Å². The number of benzene rings is 3. The molecular weight excluding hydrogens is 402 g/mol. The average molecular weight is 419 g/mol. The van der Waals surface area contributed by atoms with Crippen molar-refractivity contribution >= 4 is 27.3 Å². The molecule has 0 spiro atoms. The largest absolute Gasteiger partial charge is 0.382 e. The predicted molar refractivity (Wildman–Crippen MR) is 114 cm³/mol. The molecule has 9 heteroatoms. The molecule has 0 saturated heterocycles. The highest BCUT2D eigenvalue weighted by atomic mass is 32.2. The maximum atomic E-state index is 11.2. The van der Waals surface area contributed by atoms with Crippen molar-refractivity contribution in [3.63, 3.8) is 0 Å². The van der Waals surface area contributed by atoms with Gasteiger partial charge in [-0.05, 0) is 36.4 Å². The fourth-order valence-corrected chi connectivity index (χ4v) is 3.35. The molecule has 0 aliphatic carbocycles. The standard InChI is InChI=1S/C21H17N5O3S/c22-21-20(24-23-16-11-13-18(14-12-16)30(27,28)29)19(15-7-3-1-4-8-15)25-26(21)17-9-5-2-6-10-17/h1-14H,22H2,(H,27,28,29). The van der Waals surface area contributed by atoms with E-state index >= 15 is 0 Å². The first-order chi connectivity index (χ1) is 14.4. The molecule has 4 rings (SSSR count). The van der Waals surface area contributed by atoms with Gasteiger partial charge in [-0.15, -0.1) is 5.11 Å². The number of para-hydroxylation sites is 1. The summed E-state index contributed by atoms with van der Waals surface area (Å²) in [5, 5.41) is 13.1. The summed E-state index contributed by atoms with van der Waals surface area (Å²) < 4.78 is 33.0. The van der Waals surface area contributed by atoms with Crippen LogP contribution in [0.5, 0.6) is 0 Å². The SMILES string of the molecule is Nc1c(N=Nc2ccc(S(=O)(=O)O)cc2)c(-c2ccccc2)nn1-c1ccccc1. The molecule has 0 bridgehead atoms. The minimum Gasteiger partial charge on any atom is -0.382 e. The second-order valence-electron chi connectivity index (χ2n) is 6.36. The zero-order chi connectivity index (χ0) is 21.1. The first-order valence-electron chi connectivity index (χ1n) is 8.92. The molecule has 0 aliphatic heterocycles. The molecule has 8 nitrogen and oxygen atoms in total. The van der Waals surface area contributed by atoms with Crippen LogP contribution in [0.1, 0.15) is 0 Å². The van der Waals surface area contributed by atoms with Crippen LogP contribution in [0.4, 0.5) is 17.2 Å². The van der Waals surface area contributed by atoms with Crippen molar-refractivity contribution in [2.45, 2.75) is 4.90 Å². The summed E-state index contributed by atoms with van der Waals surface area (Å²) in [6.45, 7) is 0. The van der Waals surface area contributed by atoms with E-state index in [9.17, 15) is 8.42 Å². The van der Waals surface area contributed by atoms with Crippen LogP contribution >= 0.6 is 0 Å². The Kier molecular flexibility index (Phi) is 5.13. The molecule has 0 atom stereocenters. The van der Waals surface area contributed by atoms with Gasteiger partial charge in [-0.2, -0.15) is 18.6 Å². The third-order valence-electron chi connectivity index (χ3n) is 4.34. The zero-order valence-corrected chi connectivity index (χ0v) is 16.4. The molecule has 3 aromatic carbocycles. The minimum absolute atomic E-state index is 0.220. The van der Waals surface area contributed by atoms with Gasteiger partial charge in [0.05, 0.1) is 16.3 Å². The van der Waals surface area contributed by atoms with E-state index in [1.807, 2.05) is 60.7 Å². The molecule has 150 valence electrons. The number of nitrogens with zero attached hydrogens (tertiary/aromatic N) is 4. The van der Waals surface area contributed by atoms with Crippen LogP contribution < -0.4 is 5.73 Å². The van der Waals surface area contributed by atoms with Gasteiger partial charge in [0.25, 0.3) is 10.1 Å². The van der Waals surface area contributed by atoms with E-state index in [2.05, 4.69) is 15.3 Å². The fourth-order valence-electron chi connectivity index (χ4n) is 2.87. The molecule has 3 N–H and O–H groups in total. The molecule has 0 aliphatic rings. The molecule has 0 fully saturated rings. The third kappa shape index (κ3) is 3.97. The van der Waals surface area contributed by atoms with Gasteiger partial charge < -0.3 is 5.73 Å². The van der Waals surface area contributed by atoms with Crippen LogP contribution in [0.15, 0.2) is 100 Å². The Morgan fingerprint density at radius 3 is 2.03 bits per heavy atom. The summed E-state index contributed by atoms with van der Waals surface area (Å²) in [4.78, 5) is -0.220. The lowest BCUT2D eigenvalue weighted by Crippen LogP contribution is -2.01. The minimum atomic E-state index is -4.27. The predicted octanol–water partition coefficient (Wildman–Crippen LogP) is 4.78. The van der Waals surface area contributed by atoms with Gasteiger partial charge in [-0.3, -0.25) is 4.55 Å². The molecule has 30 heavy (non-hydrogen) atoms. The monoisotopic (exact) mass is 419 g/mol. The van der Waals surface area contributed by atoms with Crippen LogP contribution in [0.2, 0.25) is 0 Å². The second kappa shape index (κ2) is 7.90. The molecule has 0 amide bonds. The van der Waals surface area contributed by atoms with Gasteiger partial charge >= 0.3 is 0 Å². The first kappa shape index (κ1) is 19.5. The smallest absolute Gasteiger partial charge is 0.294 e. The number of hydrogen-bond donors (Lipinski definition) is 2. The summed E-state index contributed by atoms with van der Waals surface area (Å²) in [5.74, 6) is 0.318. The second-order valence-corrected chi connectivity index (χ2v) is 7.79. The van der Waals surface area contributed by atoms with E-state index in [0.717, 1.165) is 11.3 Å². The summed E-state index contributed by atoms with van der Waals surface area (Å²) >= 11 is 0. The van der Waals surface area contributed by atoms with Crippen molar-refractivity contribution in [3.05, 3.63) is 84.9 Å². The zero-order valence-electron chi connectivity index (χ0n) is 15.6. The summed E-state index contributed by atoms with van der Waals surface area (Å²) in [6.07, 6.45) is 0. The lowest BCUT2D eigenvalue weighted by molar-refractivity contribution is 0.483. The molecule has 0 saturated carbocycles. The third-order valence-corrected chi connectivity index (χ3v) is 5.21. The highest BCUT2D eigenvalue weighted by Gasteiger charge is 2.18. The first-order valence-corrected chi connectivity index (χ1v) is 10.4. The number of aromatic nitrogens is 2. The van der Waals surface area contributed by atoms with E-state index in [0.29, 0.717) is 22.9 Å². The Morgan fingerprint density at radius 1 is 0.833 bits per heavy atom. The van der Waals surface area contributed by atoms with E-state index in [4.69, 9.17) is 10.3 Å². The van der Waals surface area contributed by atoms with Crippen molar-refractivity contribution in [2.75, 3.05) is 5.73 Å². The molecule has 1 aromatic heterocycles. The Labute approximate surface area is 173 Å². The number of rotatable bonds is 5. The highest BCUT2D eigenvalue weighted by Crippen LogP contribution is 2.37. The van der Waals surface area contributed by atoms with E-state index in [1.54, 1.807) is 4.68 Å². The maximum absolute atomic E-state index is 11.2. The fraction of sp³-hybridized carbons (Fsp3) is 0. The normalized spacial score (nSPS) is 11.8. The topological polar surface area (TPSA) is 123 Å². The lowest BCUT2D eigenvalue weighted by Gasteiger charge is -2.02. The molecule has 0 radical (unpaired) electrons. The summed E-state index contributed by atoms with van der Waals surface area (Å²) in [6, 6.07) is 24.3. The number of nitrogens with two attached hydrogens (primary N) is 1. The van der Waals surface area contributed by atoms with Crippen molar-refractivity contribution in [3.8, 4) is 16.9 Å². The van der Waals surface area contributed by atoms with Gasteiger partial charge in [-0.25, -0.2) is 4.68 Å². The van der Waals surface area contributed by atoms with Gasteiger partial charge in [0.2, 0.25) is 0 Å². The van der Waals surface area contributed by atoms with Gasteiger partial charge in [-0.1, -0.05) is 48.5 Å². The molecule has 1 heterocycles. The van der Waals surface area contributed by atoms with Crippen LogP contribution in [0.3, 0.4) is 0 Å². The van der Waals surface area contributed by atoms with Crippen LogP contribution in [0.25, 0.3) is 16.9 Å². The van der Waals surface area contributed by atoms with Crippen LogP contribution in [0, 0.1) is 0 Å².